The number of methoxy groups -OCH3 is 1. The molecule has 2 aliphatic heterocycles. The van der Waals surface area contributed by atoms with Crippen molar-refractivity contribution in [2.75, 3.05) is 48.8 Å². The van der Waals surface area contributed by atoms with Gasteiger partial charge in [-0.05, 0) is 67.1 Å². The Morgan fingerprint density at radius 2 is 1.65 bits per heavy atom. The number of carbonyl (C=O) groups excluding carboxylic acids is 3. The molecule has 204 valence electrons. The van der Waals surface area contributed by atoms with E-state index < -0.39 is 0 Å². The number of para-hydroxylation sites is 1. The molecule has 0 saturated carbocycles. The second-order valence-corrected chi connectivity index (χ2v) is 10.4. The lowest BCUT2D eigenvalue weighted by Gasteiger charge is -2.36. The zero-order valence-corrected chi connectivity index (χ0v) is 23.3. The number of Topliss-reactive ketones (excluding diaryl/α,β-unsaturated/α-hetero) is 1. The predicted molar refractivity (Wildman–Crippen MR) is 160 cm³/mol. The van der Waals surface area contributed by atoms with Crippen LogP contribution in [0.2, 0.25) is 0 Å². The van der Waals surface area contributed by atoms with Crippen molar-refractivity contribution in [1.29, 1.82) is 0 Å². The number of nitrogens with zero attached hydrogens (tertiary/aromatic N) is 4. The third-order valence-corrected chi connectivity index (χ3v) is 7.76. The maximum absolute atomic E-state index is 13.4. The number of piperazine rings is 1. The molecular weight excluding hydrogens is 524 g/mol. The molecule has 0 N–H and O–H groups in total. The fourth-order valence-electron chi connectivity index (χ4n) is 4.63. The van der Waals surface area contributed by atoms with Crippen LogP contribution < -0.4 is 14.5 Å². The van der Waals surface area contributed by atoms with Gasteiger partial charge < -0.3 is 14.5 Å². The molecular formula is C31H30N4O4S. The highest BCUT2D eigenvalue weighted by Crippen LogP contribution is 2.30. The molecule has 1 saturated heterocycles. The number of benzene rings is 3. The number of anilines is 2. The van der Waals surface area contributed by atoms with Gasteiger partial charge in [0.25, 0.3) is 5.91 Å². The summed E-state index contributed by atoms with van der Waals surface area (Å²) in [7, 11) is 1.60. The minimum atomic E-state index is -0.242. The second kappa shape index (κ2) is 12.2. The van der Waals surface area contributed by atoms with Crippen LogP contribution in [0.5, 0.6) is 5.75 Å². The zero-order chi connectivity index (χ0) is 28.1. The summed E-state index contributed by atoms with van der Waals surface area (Å²) in [5.41, 5.74) is 3.53. The molecule has 40 heavy (non-hydrogen) atoms. The summed E-state index contributed by atoms with van der Waals surface area (Å²) < 4.78 is 5.30. The number of thioether (sulfide) groups is 1. The Labute approximate surface area is 237 Å². The molecule has 1 fully saturated rings. The topological polar surface area (TPSA) is 82.5 Å². The average Bonchev–Trinajstić information content (AvgIpc) is 3.30. The molecule has 8 nitrogen and oxygen atoms in total. The number of hydrogen-bond acceptors (Lipinski definition) is 7. The minimum absolute atomic E-state index is 0.00460. The number of hydrogen-bond donors (Lipinski definition) is 0. The molecule has 2 aliphatic rings. The quantitative estimate of drug-likeness (QED) is 0.311. The van der Waals surface area contributed by atoms with Gasteiger partial charge in [-0.25, -0.2) is 4.99 Å². The number of amides is 2. The van der Waals surface area contributed by atoms with E-state index in [1.165, 1.54) is 11.8 Å². The van der Waals surface area contributed by atoms with Crippen molar-refractivity contribution >= 4 is 52.0 Å². The molecule has 2 amide bonds. The monoisotopic (exact) mass is 554 g/mol. The third-order valence-electron chi connectivity index (χ3n) is 6.84. The Bertz CT molecular complexity index is 1460. The smallest absolute Gasteiger partial charge is 0.283 e. The van der Waals surface area contributed by atoms with Crippen LogP contribution >= 0.6 is 11.8 Å². The number of amidine groups is 1. The van der Waals surface area contributed by atoms with Crippen LogP contribution in [0.15, 0.2) is 89.6 Å². The number of aliphatic imine (C=N–C) groups is 1. The van der Waals surface area contributed by atoms with Crippen LogP contribution in [-0.2, 0) is 9.59 Å². The first-order valence-corrected chi connectivity index (χ1v) is 14.0. The summed E-state index contributed by atoms with van der Waals surface area (Å²) in [4.78, 5) is 48.4. The Kier molecular flexibility index (Phi) is 8.31. The Balaban J connectivity index is 1.26. The van der Waals surface area contributed by atoms with Crippen molar-refractivity contribution in [2.45, 2.75) is 6.92 Å². The molecule has 0 aliphatic carbocycles. The van der Waals surface area contributed by atoms with E-state index in [0.717, 1.165) is 11.3 Å². The molecule has 2 heterocycles. The molecule has 0 atom stereocenters. The summed E-state index contributed by atoms with van der Waals surface area (Å²) in [5.74, 6) is 0.673. The molecule has 0 unspecified atom stereocenters. The fourth-order valence-corrected chi connectivity index (χ4v) is 5.54. The Hall–Kier alpha value is -4.37. The highest BCUT2D eigenvalue weighted by Gasteiger charge is 2.33. The van der Waals surface area contributed by atoms with Crippen molar-refractivity contribution in [1.82, 2.24) is 4.90 Å². The van der Waals surface area contributed by atoms with Gasteiger partial charge >= 0.3 is 0 Å². The molecule has 0 radical (unpaired) electrons. The largest absolute Gasteiger partial charge is 0.497 e. The van der Waals surface area contributed by atoms with Crippen LogP contribution in [0.1, 0.15) is 22.8 Å². The standard InChI is InChI=1S/C31H30N4O4S/c1-22(36)24-11-13-25(14-12-24)33-15-17-34(18-16-33)29(37)21-40-31-32-28(20-23-7-6-10-27(19-23)39-2)30(38)35(31)26-8-4-3-5-9-26/h3-14,19-20H,15-18,21H2,1-2H3/b28-20+. The van der Waals surface area contributed by atoms with E-state index in [4.69, 9.17) is 4.74 Å². The average molecular weight is 555 g/mol. The zero-order valence-electron chi connectivity index (χ0n) is 22.4. The number of rotatable bonds is 7. The van der Waals surface area contributed by atoms with Crippen LogP contribution in [-0.4, -0.2) is 66.7 Å². The van der Waals surface area contributed by atoms with Crippen LogP contribution in [0, 0.1) is 0 Å². The molecule has 0 aromatic heterocycles. The van der Waals surface area contributed by atoms with Gasteiger partial charge in [0, 0.05) is 37.4 Å². The Morgan fingerprint density at radius 3 is 2.33 bits per heavy atom. The highest BCUT2D eigenvalue weighted by molar-refractivity contribution is 8.14. The van der Waals surface area contributed by atoms with E-state index in [2.05, 4.69) is 9.89 Å². The first kappa shape index (κ1) is 27.2. The van der Waals surface area contributed by atoms with Gasteiger partial charge in [-0.2, -0.15) is 0 Å². The van der Waals surface area contributed by atoms with Gasteiger partial charge in [0.2, 0.25) is 5.91 Å². The van der Waals surface area contributed by atoms with Crippen LogP contribution in [0.4, 0.5) is 11.4 Å². The normalized spacial score (nSPS) is 16.4. The van der Waals surface area contributed by atoms with Crippen molar-refractivity contribution in [3.8, 4) is 5.75 Å². The summed E-state index contributed by atoms with van der Waals surface area (Å²) >= 11 is 1.27. The van der Waals surface area contributed by atoms with E-state index in [-0.39, 0.29) is 23.4 Å². The van der Waals surface area contributed by atoms with E-state index >= 15 is 0 Å². The minimum Gasteiger partial charge on any atom is -0.497 e. The van der Waals surface area contributed by atoms with Gasteiger partial charge in [0.1, 0.15) is 11.4 Å². The van der Waals surface area contributed by atoms with Gasteiger partial charge in [-0.3, -0.25) is 19.3 Å². The summed E-state index contributed by atoms with van der Waals surface area (Å²) in [6, 6.07) is 24.3. The number of ether oxygens (including phenoxy) is 1. The first-order chi connectivity index (χ1) is 19.4. The van der Waals surface area contributed by atoms with Crippen molar-refractivity contribution in [3.63, 3.8) is 0 Å². The summed E-state index contributed by atoms with van der Waals surface area (Å²) in [5, 5.41) is 0.475. The lowest BCUT2D eigenvalue weighted by Crippen LogP contribution is -2.49. The molecule has 3 aromatic rings. The number of ketones is 1. The molecule has 3 aromatic carbocycles. The highest BCUT2D eigenvalue weighted by atomic mass is 32.2. The van der Waals surface area contributed by atoms with Crippen molar-refractivity contribution in [2.24, 2.45) is 4.99 Å². The van der Waals surface area contributed by atoms with E-state index in [1.807, 2.05) is 83.8 Å². The van der Waals surface area contributed by atoms with Crippen LogP contribution in [0.3, 0.4) is 0 Å². The Morgan fingerprint density at radius 1 is 0.925 bits per heavy atom. The van der Waals surface area contributed by atoms with Gasteiger partial charge in [0.15, 0.2) is 11.0 Å². The van der Waals surface area contributed by atoms with E-state index in [0.29, 0.717) is 54.0 Å². The third kappa shape index (κ3) is 6.10. The molecule has 0 bridgehead atoms. The molecule has 5 rings (SSSR count). The maximum Gasteiger partial charge on any atom is 0.283 e. The van der Waals surface area contributed by atoms with E-state index in [9.17, 15) is 14.4 Å². The van der Waals surface area contributed by atoms with Gasteiger partial charge in [0.05, 0.1) is 18.6 Å². The maximum atomic E-state index is 13.4. The lowest BCUT2D eigenvalue weighted by atomic mass is 10.1. The predicted octanol–water partition coefficient (Wildman–Crippen LogP) is 4.72. The van der Waals surface area contributed by atoms with Crippen molar-refractivity contribution < 1.29 is 19.1 Å². The van der Waals surface area contributed by atoms with Gasteiger partial charge in [-0.1, -0.05) is 42.1 Å². The molecule has 0 spiro atoms. The summed E-state index contributed by atoms with van der Waals surface area (Å²) in [6.45, 7) is 4.17. The van der Waals surface area contributed by atoms with Crippen LogP contribution in [0.25, 0.3) is 6.08 Å². The van der Waals surface area contributed by atoms with E-state index in [1.54, 1.807) is 25.0 Å². The number of carbonyl (C=O) groups is 3. The fraction of sp³-hybridized carbons (Fsp3) is 0.226. The lowest BCUT2D eigenvalue weighted by molar-refractivity contribution is -0.128. The second-order valence-electron chi connectivity index (χ2n) is 9.44. The SMILES string of the molecule is COc1cccc(/C=C2/N=C(SCC(=O)N3CCN(c4ccc(C(C)=O)cc4)CC3)N(c3ccccc3)C2=O)c1. The van der Waals surface area contributed by atoms with Gasteiger partial charge in [-0.15, -0.1) is 0 Å². The first-order valence-electron chi connectivity index (χ1n) is 13.0. The molecule has 9 heteroatoms. The van der Waals surface area contributed by atoms with Crippen molar-refractivity contribution in [3.05, 3.63) is 95.7 Å². The summed E-state index contributed by atoms with van der Waals surface area (Å²) in [6.07, 6.45) is 1.73.